The first-order valence-corrected chi connectivity index (χ1v) is 17.7. The number of hydrogen-bond donors (Lipinski definition) is 2. The number of hydrogen-bond acceptors (Lipinski definition) is 4. The Labute approximate surface area is 285 Å². The second-order valence-corrected chi connectivity index (χ2v) is 13.7. The second kappa shape index (κ2) is 14.9. The van der Waals surface area contributed by atoms with Crippen LogP contribution in [-0.4, -0.2) is 37.2 Å². The van der Waals surface area contributed by atoms with E-state index in [1.807, 2.05) is 72.8 Å². The Morgan fingerprint density at radius 3 is 2.04 bits per heavy atom. The summed E-state index contributed by atoms with van der Waals surface area (Å²) in [7, 11) is -3.62. The first-order chi connectivity index (χ1) is 23.3. The Morgan fingerprint density at radius 1 is 0.792 bits per heavy atom. The molecule has 0 radical (unpaired) electrons. The molecule has 9 heteroatoms. The molecular formula is C39H35ClN2O5S. The van der Waals surface area contributed by atoms with Crippen LogP contribution in [0, 0.1) is 0 Å². The summed E-state index contributed by atoms with van der Waals surface area (Å²) in [4.78, 5) is 11.8. The van der Waals surface area contributed by atoms with Crippen LogP contribution in [0.3, 0.4) is 0 Å². The van der Waals surface area contributed by atoms with Crippen LogP contribution in [0.25, 0.3) is 10.9 Å². The van der Waals surface area contributed by atoms with Gasteiger partial charge in [0.25, 0.3) is 0 Å². The molecule has 0 unspecified atom stereocenters. The van der Waals surface area contributed by atoms with Crippen LogP contribution < -0.4 is 9.46 Å². The molecule has 0 aliphatic heterocycles. The third-order valence-electron chi connectivity index (χ3n) is 8.28. The van der Waals surface area contributed by atoms with Crippen molar-refractivity contribution in [3.05, 3.63) is 172 Å². The van der Waals surface area contributed by atoms with Crippen LogP contribution in [0.15, 0.2) is 133 Å². The van der Waals surface area contributed by atoms with E-state index in [9.17, 15) is 18.3 Å². The third kappa shape index (κ3) is 7.63. The molecule has 0 bridgehead atoms. The number of carboxylic acid groups (broad SMARTS) is 1. The highest BCUT2D eigenvalue weighted by Gasteiger charge is 2.26. The van der Waals surface area contributed by atoms with E-state index >= 15 is 0 Å². The van der Waals surface area contributed by atoms with Crippen LogP contribution in [0.2, 0.25) is 5.02 Å². The van der Waals surface area contributed by atoms with Gasteiger partial charge in [-0.05, 0) is 52.6 Å². The maximum absolute atomic E-state index is 13.2. The highest BCUT2D eigenvalue weighted by Crippen LogP contribution is 2.38. The van der Waals surface area contributed by atoms with E-state index in [1.165, 1.54) is 6.07 Å². The fourth-order valence-corrected chi connectivity index (χ4v) is 7.53. The van der Waals surface area contributed by atoms with Gasteiger partial charge >= 0.3 is 5.97 Å². The van der Waals surface area contributed by atoms with Crippen molar-refractivity contribution < 1.29 is 23.1 Å². The van der Waals surface area contributed by atoms with Crippen molar-refractivity contribution >= 4 is 38.5 Å². The van der Waals surface area contributed by atoms with E-state index in [0.717, 1.165) is 33.3 Å². The highest BCUT2D eigenvalue weighted by molar-refractivity contribution is 7.88. The maximum Gasteiger partial charge on any atom is 0.339 e. The first kappa shape index (κ1) is 33.0. The number of para-hydroxylation sites is 1. The fourth-order valence-electron chi connectivity index (χ4n) is 6.21. The predicted octanol–water partition coefficient (Wildman–Crippen LogP) is 7.91. The monoisotopic (exact) mass is 678 g/mol. The first-order valence-electron chi connectivity index (χ1n) is 15.7. The van der Waals surface area contributed by atoms with E-state index in [1.54, 1.807) is 30.3 Å². The summed E-state index contributed by atoms with van der Waals surface area (Å²) in [6.45, 7) is 0.370. The highest BCUT2D eigenvalue weighted by atomic mass is 35.5. The number of halogens is 1. The van der Waals surface area contributed by atoms with E-state index in [4.69, 9.17) is 16.3 Å². The zero-order valence-corrected chi connectivity index (χ0v) is 27.7. The normalized spacial score (nSPS) is 11.6. The summed E-state index contributed by atoms with van der Waals surface area (Å²) in [5, 5.41) is 11.2. The Bertz CT molecular complexity index is 2080. The summed E-state index contributed by atoms with van der Waals surface area (Å²) in [6.07, 6.45) is 0.817. The molecule has 1 aromatic heterocycles. The van der Waals surface area contributed by atoms with Crippen molar-refractivity contribution in [3.63, 3.8) is 0 Å². The lowest BCUT2D eigenvalue weighted by atomic mass is 9.97. The zero-order valence-electron chi connectivity index (χ0n) is 26.1. The Balaban J connectivity index is 1.43. The molecular weight excluding hydrogens is 644 g/mol. The Hall–Kier alpha value is -4.89. The molecule has 48 heavy (non-hydrogen) atoms. The number of carbonyl (C=O) groups is 1. The number of aromatic carboxylic acids is 1. The van der Waals surface area contributed by atoms with Gasteiger partial charge in [0, 0.05) is 41.0 Å². The molecule has 7 nitrogen and oxygen atoms in total. The van der Waals surface area contributed by atoms with Crippen molar-refractivity contribution in [2.24, 2.45) is 0 Å². The van der Waals surface area contributed by atoms with Crippen molar-refractivity contribution in [2.75, 3.05) is 13.2 Å². The molecule has 0 saturated carbocycles. The molecule has 0 saturated heterocycles. The van der Waals surface area contributed by atoms with Crippen molar-refractivity contribution in [1.82, 2.24) is 9.29 Å². The summed E-state index contributed by atoms with van der Waals surface area (Å²) >= 11 is 6.60. The van der Waals surface area contributed by atoms with Crippen molar-refractivity contribution in [1.29, 1.82) is 0 Å². The van der Waals surface area contributed by atoms with E-state index in [2.05, 4.69) is 33.6 Å². The van der Waals surface area contributed by atoms with Gasteiger partial charge in [0.05, 0.1) is 18.4 Å². The molecule has 0 aliphatic carbocycles. The second-order valence-electron chi connectivity index (χ2n) is 11.5. The summed E-state index contributed by atoms with van der Waals surface area (Å²) in [5.41, 5.74) is 5.77. The zero-order chi connectivity index (χ0) is 33.5. The molecule has 6 rings (SSSR count). The van der Waals surface area contributed by atoms with E-state index in [0.29, 0.717) is 23.4 Å². The topological polar surface area (TPSA) is 97.6 Å². The van der Waals surface area contributed by atoms with Gasteiger partial charge in [0.1, 0.15) is 11.3 Å². The lowest BCUT2D eigenvalue weighted by molar-refractivity contribution is 0.0692. The summed E-state index contributed by atoms with van der Waals surface area (Å²) in [5.74, 6) is -0.897. The number of rotatable bonds is 14. The van der Waals surface area contributed by atoms with Gasteiger partial charge in [0.15, 0.2) is 0 Å². The molecule has 0 fully saturated rings. The number of aromatic nitrogens is 1. The molecule has 244 valence electrons. The van der Waals surface area contributed by atoms with Crippen molar-refractivity contribution in [3.8, 4) is 5.75 Å². The Morgan fingerprint density at radius 2 is 1.40 bits per heavy atom. The van der Waals surface area contributed by atoms with E-state index in [-0.39, 0.29) is 36.3 Å². The molecule has 6 aromatic rings. The van der Waals surface area contributed by atoms with Gasteiger partial charge in [-0.25, -0.2) is 17.9 Å². The van der Waals surface area contributed by atoms with Crippen LogP contribution in [0.5, 0.6) is 5.75 Å². The molecule has 5 aromatic carbocycles. The largest absolute Gasteiger partial charge is 0.492 e. The number of benzene rings is 5. The van der Waals surface area contributed by atoms with Gasteiger partial charge in [-0.3, -0.25) is 0 Å². The minimum atomic E-state index is -3.62. The van der Waals surface area contributed by atoms with Gasteiger partial charge in [-0.2, -0.15) is 0 Å². The average molecular weight is 679 g/mol. The number of ether oxygens (including phenoxy) is 1. The van der Waals surface area contributed by atoms with Gasteiger partial charge in [-0.1, -0.05) is 115 Å². The van der Waals surface area contributed by atoms with Gasteiger partial charge in [-0.15, -0.1) is 0 Å². The summed E-state index contributed by atoms with van der Waals surface area (Å²) < 4.78 is 37.5. The molecule has 0 spiro atoms. The fraction of sp³-hybridized carbons (Fsp3) is 0.154. The standard InChI is InChI=1S/C39H35ClN2O5S/c40-31-20-21-35-34(26-31)32(23-25-47-37-19-11-10-18-33(37)39(43)44)36(22-24-41-48(45,46)27-28-12-4-1-5-13-28)42(35)38(29-14-6-2-7-15-29)30-16-8-3-9-17-30/h1-21,26,38,41H,22-25,27H2,(H,43,44). The maximum atomic E-state index is 13.2. The number of nitrogens with one attached hydrogen (secondary N) is 1. The van der Waals surface area contributed by atoms with E-state index < -0.39 is 16.0 Å². The molecule has 0 atom stereocenters. The molecule has 0 aliphatic rings. The van der Waals surface area contributed by atoms with Crippen molar-refractivity contribution in [2.45, 2.75) is 24.6 Å². The Kier molecular flexibility index (Phi) is 10.3. The van der Waals surface area contributed by atoms with Crippen LogP contribution in [0.4, 0.5) is 0 Å². The summed E-state index contributed by atoms with van der Waals surface area (Å²) in [6, 6.07) is 41.6. The predicted molar refractivity (Wildman–Crippen MR) is 190 cm³/mol. The molecule has 0 amide bonds. The SMILES string of the molecule is O=C(O)c1ccccc1OCCc1c(CCNS(=O)(=O)Cc2ccccc2)n(C(c2ccccc2)c2ccccc2)c2ccc(Cl)cc12. The molecule has 2 N–H and O–H groups in total. The smallest absolute Gasteiger partial charge is 0.339 e. The number of fused-ring (bicyclic) bond motifs is 1. The van der Waals surface area contributed by atoms with Crippen LogP contribution in [-0.2, 0) is 28.6 Å². The minimum Gasteiger partial charge on any atom is -0.492 e. The quantitative estimate of drug-likeness (QED) is 0.122. The lowest BCUT2D eigenvalue weighted by Crippen LogP contribution is -2.28. The minimum absolute atomic E-state index is 0.0873. The average Bonchev–Trinajstić information content (AvgIpc) is 3.37. The molecule has 1 heterocycles. The number of nitrogens with zero attached hydrogens (tertiary/aromatic N) is 1. The van der Waals surface area contributed by atoms with Gasteiger partial charge < -0.3 is 14.4 Å². The lowest BCUT2D eigenvalue weighted by Gasteiger charge is -2.25. The third-order valence-corrected chi connectivity index (χ3v) is 9.87. The number of sulfonamides is 1. The van der Waals surface area contributed by atoms with Gasteiger partial charge in [0.2, 0.25) is 10.0 Å². The number of carboxylic acids is 1. The van der Waals surface area contributed by atoms with Crippen LogP contribution in [0.1, 0.15) is 44.3 Å². The van der Waals surface area contributed by atoms with Crippen LogP contribution >= 0.6 is 11.6 Å².